The number of anilines is 1. The number of aryl methyl sites for hydroxylation is 2. The fourth-order valence-corrected chi connectivity index (χ4v) is 4.88. The van der Waals surface area contributed by atoms with Crippen molar-refractivity contribution < 1.29 is 14.3 Å². The molecule has 1 aliphatic heterocycles. The lowest BCUT2D eigenvalue weighted by Crippen LogP contribution is -2.40. The number of hydrogen-bond donors (Lipinski definition) is 1. The number of amides is 1. The highest BCUT2D eigenvalue weighted by atomic mass is 32.1. The minimum atomic E-state index is 0.00231. The zero-order chi connectivity index (χ0) is 22.0. The van der Waals surface area contributed by atoms with Crippen LogP contribution in [0.15, 0.2) is 23.6 Å². The number of ether oxygens (including phenoxy) is 2. The molecule has 1 fully saturated rings. The van der Waals surface area contributed by atoms with Crippen molar-refractivity contribution in [3.05, 3.63) is 39.8 Å². The predicted molar refractivity (Wildman–Crippen MR) is 123 cm³/mol. The van der Waals surface area contributed by atoms with Gasteiger partial charge in [-0.15, -0.1) is 11.3 Å². The first-order valence-corrected chi connectivity index (χ1v) is 11.3. The van der Waals surface area contributed by atoms with Gasteiger partial charge in [0, 0.05) is 47.4 Å². The molecule has 4 rings (SSSR count). The maximum atomic E-state index is 12.8. The van der Waals surface area contributed by atoms with E-state index in [1.54, 1.807) is 25.6 Å². The second-order valence-electron chi connectivity index (χ2n) is 7.80. The molecule has 1 amide bonds. The minimum Gasteiger partial charge on any atom is -0.497 e. The van der Waals surface area contributed by atoms with Gasteiger partial charge >= 0.3 is 0 Å². The molecular formula is C23H28N4O3S. The van der Waals surface area contributed by atoms with Crippen LogP contribution in [0.5, 0.6) is 11.5 Å². The SMILES string of the molecule is COc1ccc(CNC(=O)C2CCN(c3nc(C)nc4csc(C)c34)CC2)c(OC)c1. The Hall–Kier alpha value is -2.87. The molecule has 0 saturated carbocycles. The molecule has 0 bridgehead atoms. The van der Waals surface area contributed by atoms with E-state index >= 15 is 0 Å². The number of carbonyl (C=O) groups is 1. The van der Waals surface area contributed by atoms with Crippen molar-refractivity contribution in [3.8, 4) is 11.5 Å². The molecule has 3 heterocycles. The number of benzene rings is 1. The second kappa shape index (κ2) is 9.09. The van der Waals surface area contributed by atoms with E-state index in [1.807, 2.05) is 25.1 Å². The summed E-state index contributed by atoms with van der Waals surface area (Å²) in [5.41, 5.74) is 1.94. The third-order valence-corrected chi connectivity index (χ3v) is 6.74. The Kier molecular flexibility index (Phi) is 6.27. The molecule has 1 aromatic carbocycles. The standard InChI is InChI=1S/C23H28N4O3S/c1-14-21-19(13-31-14)25-15(2)26-22(21)27-9-7-16(8-10-27)23(28)24-12-17-5-6-18(29-3)11-20(17)30-4/h5-6,11,13,16H,7-10,12H2,1-4H3,(H,24,28). The van der Waals surface area contributed by atoms with Gasteiger partial charge in [0.15, 0.2) is 0 Å². The number of hydrogen-bond acceptors (Lipinski definition) is 7. The number of aromatic nitrogens is 2. The van der Waals surface area contributed by atoms with E-state index in [2.05, 4.69) is 27.5 Å². The summed E-state index contributed by atoms with van der Waals surface area (Å²) in [6.45, 7) is 6.11. The summed E-state index contributed by atoms with van der Waals surface area (Å²) in [6, 6.07) is 5.63. The molecule has 8 heteroatoms. The van der Waals surface area contributed by atoms with Crippen LogP contribution in [-0.4, -0.2) is 43.2 Å². The molecule has 7 nitrogen and oxygen atoms in total. The number of fused-ring (bicyclic) bond motifs is 1. The quantitative estimate of drug-likeness (QED) is 0.627. The van der Waals surface area contributed by atoms with E-state index in [0.717, 1.165) is 59.8 Å². The first-order chi connectivity index (χ1) is 15.0. The summed E-state index contributed by atoms with van der Waals surface area (Å²) in [5.74, 6) is 3.32. The largest absolute Gasteiger partial charge is 0.497 e. The van der Waals surface area contributed by atoms with Crippen molar-refractivity contribution >= 4 is 34.0 Å². The third-order valence-electron chi connectivity index (χ3n) is 5.84. The molecule has 0 atom stereocenters. The summed E-state index contributed by atoms with van der Waals surface area (Å²) in [5, 5.41) is 6.31. The highest BCUT2D eigenvalue weighted by Gasteiger charge is 2.27. The van der Waals surface area contributed by atoms with Gasteiger partial charge in [-0.05, 0) is 38.8 Å². The van der Waals surface area contributed by atoms with Crippen molar-refractivity contribution in [1.29, 1.82) is 0 Å². The molecule has 3 aromatic rings. The van der Waals surface area contributed by atoms with Gasteiger partial charge in [0.25, 0.3) is 0 Å². The maximum Gasteiger partial charge on any atom is 0.223 e. The minimum absolute atomic E-state index is 0.00231. The fraction of sp³-hybridized carbons (Fsp3) is 0.435. The van der Waals surface area contributed by atoms with Crippen LogP contribution in [0.3, 0.4) is 0 Å². The molecule has 2 aromatic heterocycles. The van der Waals surface area contributed by atoms with Crippen LogP contribution in [-0.2, 0) is 11.3 Å². The number of nitrogens with zero attached hydrogens (tertiary/aromatic N) is 3. The van der Waals surface area contributed by atoms with E-state index in [1.165, 1.54) is 4.88 Å². The van der Waals surface area contributed by atoms with Crippen LogP contribution < -0.4 is 19.7 Å². The lowest BCUT2D eigenvalue weighted by molar-refractivity contribution is -0.125. The Morgan fingerprint density at radius 2 is 1.97 bits per heavy atom. The van der Waals surface area contributed by atoms with Crippen molar-refractivity contribution in [2.45, 2.75) is 33.2 Å². The Morgan fingerprint density at radius 1 is 1.19 bits per heavy atom. The molecular weight excluding hydrogens is 412 g/mol. The van der Waals surface area contributed by atoms with Crippen LogP contribution in [0.4, 0.5) is 5.82 Å². The number of thiophene rings is 1. The average molecular weight is 441 g/mol. The number of nitrogens with one attached hydrogen (secondary N) is 1. The van der Waals surface area contributed by atoms with Crippen LogP contribution in [0.25, 0.3) is 10.9 Å². The summed E-state index contributed by atoms with van der Waals surface area (Å²) in [4.78, 5) is 25.6. The van der Waals surface area contributed by atoms with Gasteiger partial charge in [-0.25, -0.2) is 9.97 Å². The van der Waals surface area contributed by atoms with Gasteiger partial charge in [0.05, 0.1) is 25.1 Å². The van der Waals surface area contributed by atoms with Crippen molar-refractivity contribution in [3.63, 3.8) is 0 Å². The van der Waals surface area contributed by atoms with Gasteiger partial charge in [0.1, 0.15) is 23.1 Å². The number of methoxy groups -OCH3 is 2. The van der Waals surface area contributed by atoms with Gasteiger partial charge in [-0.2, -0.15) is 0 Å². The molecule has 31 heavy (non-hydrogen) atoms. The van der Waals surface area contributed by atoms with Crippen LogP contribution in [0.1, 0.15) is 29.1 Å². The first-order valence-electron chi connectivity index (χ1n) is 10.5. The van der Waals surface area contributed by atoms with E-state index < -0.39 is 0 Å². The molecule has 0 unspecified atom stereocenters. The van der Waals surface area contributed by atoms with E-state index in [0.29, 0.717) is 12.3 Å². The number of carbonyl (C=O) groups excluding carboxylic acids is 1. The van der Waals surface area contributed by atoms with Gasteiger partial charge in [-0.3, -0.25) is 4.79 Å². The van der Waals surface area contributed by atoms with Gasteiger partial charge in [0.2, 0.25) is 5.91 Å². The summed E-state index contributed by atoms with van der Waals surface area (Å²) < 4.78 is 10.7. The molecule has 1 N–H and O–H groups in total. The summed E-state index contributed by atoms with van der Waals surface area (Å²) >= 11 is 1.71. The number of piperidine rings is 1. The molecule has 0 spiro atoms. The molecule has 1 aliphatic rings. The normalized spacial score (nSPS) is 14.6. The highest BCUT2D eigenvalue weighted by molar-refractivity contribution is 7.11. The molecule has 0 radical (unpaired) electrons. The second-order valence-corrected chi connectivity index (χ2v) is 8.89. The average Bonchev–Trinajstić information content (AvgIpc) is 3.17. The van der Waals surface area contributed by atoms with Crippen LogP contribution in [0, 0.1) is 19.8 Å². The van der Waals surface area contributed by atoms with Gasteiger partial charge in [-0.1, -0.05) is 0 Å². The van der Waals surface area contributed by atoms with Crippen molar-refractivity contribution in [1.82, 2.24) is 15.3 Å². The fourth-order valence-electron chi connectivity index (χ4n) is 4.11. The Balaban J connectivity index is 1.38. The van der Waals surface area contributed by atoms with Crippen molar-refractivity contribution in [2.24, 2.45) is 5.92 Å². The van der Waals surface area contributed by atoms with E-state index in [4.69, 9.17) is 14.5 Å². The smallest absolute Gasteiger partial charge is 0.223 e. The summed E-state index contributed by atoms with van der Waals surface area (Å²) in [7, 11) is 3.24. The van der Waals surface area contributed by atoms with E-state index in [9.17, 15) is 4.79 Å². The van der Waals surface area contributed by atoms with Crippen molar-refractivity contribution in [2.75, 3.05) is 32.2 Å². The third kappa shape index (κ3) is 4.44. The molecule has 0 aliphatic carbocycles. The lowest BCUT2D eigenvalue weighted by atomic mass is 9.95. The highest BCUT2D eigenvalue weighted by Crippen LogP contribution is 2.33. The van der Waals surface area contributed by atoms with Gasteiger partial charge < -0.3 is 19.7 Å². The number of rotatable bonds is 6. The maximum absolute atomic E-state index is 12.8. The predicted octanol–water partition coefficient (Wildman–Crippen LogP) is 3.86. The first kappa shape index (κ1) is 21.4. The lowest BCUT2D eigenvalue weighted by Gasteiger charge is -2.32. The Morgan fingerprint density at radius 3 is 2.68 bits per heavy atom. The van der Waals surface area contributed by atoms with E-state index in [-0.39, 0.29) is 11.8 Å². The zero-order valence-corrected chi connectivity index (χ0v) is 19.2. The molecule has 1 saturated heterocycles. The Bertz CT molecular complexity index is 1090. The van der Waals surface area contributed by atoms with Crippen LogP contribution in [0.2, 0.25) is 0 Å². The zero-order valence-electron chi connectivity index (χ0n) is 18.4. The Labute approximate surface area is 186 Å². The van der Waals surface area contributed by atoms with Crippen LogP contribution >= 0.6 is 11.3 Å². The molecule has 164 valence electrons. The summed E-state index contributed by atoms with van der Waals surface area (Å²) in [6.07, 6.45) is 1.61. The topological polar surface area (TPSA) is 76.6 Å². The monoisotopic (exact) mass is 440 g/mol.